The molecular formula is C21H17IN2O7. The lowest BCUT2D eigenvalue weighted by Gasteiger charge is -2.10. The first kappa shape index (κ1) is 22.3. The lowest BCUT2D eigenvalue weighted by atomic mass is 10.1. The summed E-state index contributed by atoms with van der Waals surface area (Å²) in [7, 11) is 1.17. The SMILES string of the molecule is COC(=O)CN1C(=O)N/C(=C/c2ccc(OCc3ccc(C(=O)O)cc3)c(I)c2)C1=O. The molecular weight excluding hydrogens is 519 g/mol. The Morgan fingerprint density at radius 3 is 2.48 bits per heavy atom. The van der Waals surface area contributed by atoms with E-state index < -0.39 is 30.4 Å². The van der Waals surface area contributed by atoms with Crippen molar-refractivity contribution in [2.75, 3.05) is 13.7 Å². The number of imide groups is 1. The Morgan fingerprint density at radius 1 is 1.16 bits per heavy atom. The highest BCUT2D eigenvalue weighted by molar-refractivity contribution is 14.1. The molecule has 0 unspecified atom stereocenters. The maximum Gasteiger partial charge on any atom is 0.335 e. The summed E-state index contributed by atoms with van der Waals surface area (Å²) in [5, 5.41) is 11.4. The van der Waals surface area contributed by atoms with Gasteiger partial charge < -0.3 is 19.9 Å². The second-order valence-corrected chi connectivity index (χ2v) is 7.60. The molecule has 31 heavy (non-hydrogen) atoms. The van der Waals surface area contributed by atoms with Crippen LogP contribution < -0.4 is 10.1 Å². The Bertz CT molecular complexity index is 1080. The summed E-state index contributed by atoms with van der Waals surface area (Å²) in [4.78, 5) is 47.3. The Balaban J connectivity index is 1.68. The van der Waals surface area contributed by atoms with Gasteiger partial charge in [-0.3, -0.25) is 9.59 Å². The molecule has 0 saturated carbocycles. The lowest BCUT2D eigenvalue weighted by molar-refractivity contribution is -0.143. The average molecular weight is 536 g/mol. The third-order valence-corrected chi connectivity index (χ3v) is 5.18. The molecule has 2 aromatic carbocycles. The molecule has 1 fully saturated rings. The predicted molar refractivity (Wildman–Crippen MR) is 117 cm³/mol. The predicted octanol–water partition coefficient (Wildman–Crippen LogP) is 2.63. The number of carbonyl (C=O) groups is 4. The van der Waals surface area contributed by atoms with Gasteiger partial charge in [-0.15, -0.1) is 0 Å². The number of carboxylic acids is 1. The zero-order valence-electron chi connectivity index (χ0n) is 16.3. The van der Waals surface area contributed by atoms with E-state index >= 15 is 0 Å². The first-order valence-corrected chi connectivity index (χ1v) is 10.0. The van der Waals surface area contributed by atoms with Gasteiger partial charge in [0, 0.05) is 0 Å². The van der Waals surface area contributed by atoms with Gasteiger partial charge >= 0.3 is 18.0 Å². The van der Waals surface area contributed by atoms with E-state index in [9.17, 15) is 19.2 Å². The molecule has 1 aliphatic heterocycles. The van der Waals surface area contributed by atoms with E-state index in [-0.39, 0.29) is 17.9 Å². The van der Waals surface area contributed by atoms with Crippen molar-refractivity contribution in [3.05, 3.63) is 68.4 Å². The van der Waals surface area contributed by atoms with Crippen LogP contribution in [-0.2, 0) is 20.9 Å². The van der Waals surface area contributed by atoms with Gasteiger partial charge in [-0.1, -0.05) is 18.2 Å². The number of carboxylic acid groups (broad SMARTS) is 1. The molecule has 3 amide bonds. The first-order chi connectivity index (χ1) is 14.8. The van der Waals surface area contributed by atoms with Crippen LogP contribution in [0.25, 0.3) is 6.08 Å². The third-order valence-electron chi connectivity index (χ3n) is 4.34. The summed E-state index contributed by atoms with van der Waals surface area (Å²) in [6, 6.07) is 10.9. The molecule has 2 aromatic rings. The van der Waals surface area contributed by atoms with Crippen molar-refractivity contribution in [1.82, 2.24) is 10.2 Å². The number of methoxy groups -OCH3 is 1. The van der Waals surface area contributed by atoms with Gasteiger partial charge in [-0.25, -0.2) is 14.5 Å². The highest BCUT2D eigenvalue weighted by Gasteiger charge is 2.35. The van der Waals surface area contributed by atoms with Crippen LogP contribution in [0.4, 0.5) is 4.79 Å². The van der Waals surface area contributed by atoms with Gasteiger partial charge in [-0.05, 0) is 64.1 Å². The van der Waals surface area contributed by atoms with Gasteiger partial charge in [0.25, 0.3) is 5.91 Å². The number of benzene rings is 2. The number of carbonyl (C=O) groups excluding carboxylic acids is 3. The number of ether oxygens (including phenoxy) is 2. The Hall–Kier alpha value is -3.41. The molecule has 0 bridgehead atoms. The topological polar surface area (TPSA) is 122 Å². The number of amides is 3. The second kappa shape index (κ2) is 9.60. The van der Waals surface area contributed by atoms with Crippen LogP contribution in [0.3, 0.4) is 0 Å². The number of nitrogens with zero attached hydrogens (tertiary/aromatic N) is 1. The Labute approximate surface area is 190 Å². The number of urea groups is 1. The van der Waals surface area contributed by atoms with E-state index in [1.165, 1.54) is 25.3 Å². The number of esters is 1. The normalized spacial score (nSPS) is 14.5. The van der Waals surface area contributed by atoms with Crippen molar-refractivity contribution in [1.29, 1.82) is 0 Å². The molecule has 9 nitrogen and oxygen atoms in total. The Morgan fingerprint density at radius 2 is 1.87 bits per heavy atom. The van der Waals surface area contributed by atoms with Gasteiger partial charge in [-0.2, -0.15) is 0 Å². The third kappa shape index (κ3) is 5.40. The minimum Gasteiger partial charge on any atom is -0.488 e. The van der Waals surface area contributed by atoms with Crippen LogP contribution in [0.2, 0.25) is 0 Å². The Kier molecular flexibility index (Phi) is 6.90. The molecule has 2 N–H and O–H groups in total. The molecule has 160 valence electrons. The molecule has 0 atom stereocenters. The van der Waals surface area contributed by atoms with E-state index in [1.807, 2.05) is 0 Å². The number of aromatic carboxylic acids is 1. The minimum absolute atomic E-state index is 0.0527. The van der Waals surface area contributed by atoms with Gasteiger partial charge in [0.1, 0.15) is 24.6 Å². The molecule has 0 aliphatic carbocycles. The summed E-state index contributed by atoms with van der Waals surface area (Å²) in [5.74, 6) is -1.69. The fraction of sp³-hybridized carbons (Fsp3) is 0.143. The highest BCUT2D eigenvalue weighted by Crippen LogP contribution is 2.25. The molecule has 0 spiro atoms. The maximum atomic E-state index is 12.4. The molecule has 1 saturated heterocycles. The molecule has 0 radical (unpaired) electrons. The van der Waals surface area contributed by atoms with E-state index in [1.54, 1.807) is 30.3 Å². The van der Waals surface area contributed by atoms with Gasteiger partial charge in [0.15, 0.2) is 0 Å². The van der Waals surface area contributed by atoms with Crippen LogP contribution in [0.5, 0.6) is 5.75 Å². The summed E-state index contributed by atoms with van der Waals surface area (Å²) in [6.07, 6.45) is 1.51. The molecule has 10 heteroatoms. The number of hydrogen-bond acceptors (Lipinski definition) is 6. The zero-order valence-corrected chi connectivity index (χ0v) is 18.4. The number of nitrogens with one attached hydrogen (secondary N) is 1. The number of hydrogen-bond donors (Lipinski definition) is 2. The molecule has 3 rings (SSSR count). The van der Waals surface area contributed by atoms with Crippen molar-refractivity contribution < 1.29 is 33.8 Å². The average Bonchev–Trinajstić information content (AvgIpc) is 3.00. The van der Waals surface area contributed by atoms with Crippen molar-refractivity contribution in [3.8, 4) is 5.75 Å². The minimum atomic E-state index is -0.989. The van der Waals surface area contributed by atoms with E-state index in [0.29, 0.717) is 11.3 Å². The zero-order chi connectivity index (χ0) is 22.5. The van der Waals surface area contributed by atoms with E-state index in [0.717, 1.165) is 14.0 Å². The summed E-state index contributed by atoms with van der Waals surface area (Å²) in [6.45, 7) is -0.205. The number of rotatable bonds is 7. The van der Waals surface area contributed by atoms with Crippen molar-refractivity contribution >= 4 is 52.5 Å². The van der Waals surface area contributed by atoms with E-state index in [4.69, 9.17) is 9.84 Å². The number of halogens is 1. The van der Waals surface area contributed by atoms with Crippen LogP contribution >= 0.6 is 22.6 Å². The fourth-order valence-electron chi connectivity index (χ4n) is 2.70. The van der Waals surface area contributed by atoms with Crippen molar-refractivity contribution in [3.63, 3.8) is 0 Å². The highest BCUT2D eigenvalue weighted by atomic mass is 127. The summed E-state index contributed by atoms with van der Waals surface area (Å²) in [5.41, 5.74) is 1.73. The summed E-state index contributed by atoms with van der Waals surface area (Å²) < 4.78 is 11.1. The summed E-state index contributed by atoms with van der Waals surface area (Å²) >= 11 is 2.09. The quantitative estimate of drug-likeness (QED) is 0.242. The van der Waals surface area contributed by atoms with Crippen LogP contribution in [-0.4, -0.2) is 47.5 Å². The molecule has 1 heterocycles. The van der Waals surface area contributed by atoms with Crippen LogP contribution in [0.1, 0.15) is 21.5 Å². The largest absolute Gasteiger partial charge is 0.488 e. The maximum absolute atomic E-state index is 12.4. The lowest BCUT2D eigenvalue weighted by Crippen LogP contribution is -2.36. The standard InChI is InChI=1S/C21H17IN2O7/c1-30-18(25)10-24-19(26)16(23-21(24)29)9-13-4-7-17(15(22)8-13)31-11-12-2-5-14(6-3-12)20(27)28/h2-9H,10-11H2,1H3,(H,23,29)(H,27,28)/b16-9+. The van der Waals surface area contributed by atoms with Gasteiger partial charge in [0.2, 0.25) is 0 Å². The monoisotopic (exact) mass is 536 g/mol. The van der Waals surface area contributed by atoms with Crippen LogP contribution in [0, 0.1) is 3.57 Å². The molecule has 1 aliphatic rings. The first-order valence-electron chi connectivity index (χ1n) is 8.94. The molecule has 0 aromatic heterocycles. The van der Waals surface area contributed by atoms with Gasteiger partial charge in [0.05, 0.1) is 16.2 Å². The smallest absolute Gasteiger partial charge is 0.335 e. The second-order valence-electron chi connectivity index (χ2n) is 6.44. The van der Waals surface area contributed by atoms with Crippen molar-refractivity contribution in [2.24, 2.45) is 0 Å². The fourth-order valence-corrected chi connectivity index (χ4v) is 3.40. The van der Waals surface area contributed by atoms with Crippen LogP contribution in [0.15, 0.2) is 48.2 Å². The van der Waals surface area contributed by atoms with E-state index in [2.05, 4.69) is 32.6 Å². The van der Waals surface area contributed by atoms with Crippen molar-refractivity contribution in [2.45, 2.75) is 6.61 Å².